The summed E-state index contributed by atoms with van der Waals surface area (Å²) < 4.78 is 12.2. The molecule has 1 unspecified atom stereocenters. The number of benzene rings is 1. The molecule has 1 aliphatic heterocycles. The SMILES string of the molecule is CCOC(=O)C1CCCN(c2nc(-c3cccc(OC)c3)c3c(N)n(C)nc3n2)C1. The molecule has 0 amide bonds. The maximum Gasteiger partial charge on any atom is 0.310 e. The Balaban J connectivity index is 1.79. The van der Waals surface area contributed by atoms with Crippen LogP contribution in [-0.4, -0.2) is 52.5 Å². The van der Waals surface area contributed by atoms with Crippen molar-refractivity contribution >= 4 is 28.8 Å². The highest BCUT2D eigenvalue weighted by Gasteiger charge is 2.29. The first-order chi connectivity index (χ1) is 14.5. The Bertz CT molecular complexity index is 1080. The summed E-state index contributed by atoms with van der Waals surface area (Å²) in [4.78, 5) is 23.8. The van der Waals surface area contributed by atoms with Gasteiger partial charge in [-0.2, -0.15) is 10.1 Å². The number of aromatic nitrogens is 4. The van der Waals surface area contributed by atoms with Crippen molar-refractivity contribution in [2.45, 2.75) is 19.8 Å². The lowest BCUT2D eigenvalue weighted by Crippen LogP contribution is -2.40. The van der Waals surface area contributed by atoms with Gasteiger partial charge in [0.15, 0.2) is 5.65 Å². The van der Waals surface area contributed by atoms with Gasteiger partial charge in [0.25, 0.3) is 0 Å². The number of rotatable bonds is 5. The lowest BCUT2D eigenvalue weighted by Gasteiger charge is -2.31. The third-order valence-corrected chi connectivity index (χ3v) is 5.39. The van der Waals surface area contributed by atoms with Gasteiger partial charge < -0.3 is 20.1 Å². The minimum Gasteiger partial charge on any atom is -0.497 e. The fraction of sp³-hybridized carbons (Fsp3) is 0.429. The number of hydrogen-bond acceptors (Lipinski definition) is 8. The number of fused-ring (bicyclic) bond motifs is 1. The standard InChI is InChI=1S/C21H26N6O3/c1-4-30-20(28)14-8-6-10-27(12-14)21-23-17(13-7-5-9-15(11-13)29-3)16-18(22)26(2)25-19(16)24-21/h5,7,9,11,14H,4,6,8,10,12,22H2,1-3H3. The van der Waals surface area contributed by atoms with Gasteiger partial charge in [0.1, 0.15) is 11.6 Å². The molecular weight excluding hydrogens is 384 g/mol. The van der Waals surface area contributed by atoms with Gasteiger partial charge in [-0.05, 0) is 31.9 Å². The van der Waals surface area contributed by atoms with Gasteiger partial charge in [0.05, 0.1) is 30.7 Å². The normalized spacial score (nSPS) is 16.6. The Morgan fingerprint density at radius 1 is 1.33 bits per heavy atom. The number of anilines is 2. The van der Waals surface area contributed by atoms with Crippen molar-refractivity contribution in [2.75, 3.05) is 37.4 Å². The predicted octanol–water partition coefficient (Wildman–Crippen LogP) is 2.40. The zero-order chi connectivity index (χ0) is 21.3. The molecule has 158 valence electrons. The van der Waals surface area contributed by atoms with Crippen molar-refractivity contribution in [3.05, 3.63) is 24.3 Å². The van der Waals surface area contributed by atoms with Gasteiger partial charge >= 0.3 is 5.97 Å². The third kappa shape index (κ3) is 3.62. The number of ether oxygens (including phenoxy) is 2. The zero-order valence-electron chi connectivity index (χ0n) is 17.5. The summed E-state index contributed by atoms with van der Waals surface area (Å²) in [6.45, 7) is 3.48. The van der Waals surface area contributed by atoms with Crippen LogP contribution in [0.1, 0.15) is 19.8 Å². The van der Waals surface area contributed by atoms with Crippen LogP contribution in [0.5, 0.6) is 5.75 Å². The molecule has 0 saturated carbocycles. The van der Waals surface area contributed by atoms with Crippen LogP contribution in [0.3, 0.4) is 0 Å². The first kappa shape index (κ1) is 19.9. The highest BCUT2D eigenvalue weighted by atomic mass is 16.5. The number of nitrogens with zero attached hydrogens (tertiary/aromatic N) is 5. The lowest BCUT2D eigenvalue weighted by molar-refractivity contribution is -0.148. The largest absolute Gasteiger partial charge is 0.497 e. The second-order valence-electron chi connectivity index (χ2n) is 7.35. The van der Waals surface area contributed by atoms with E-state index in [0.29, 0.717) is 41.6 Å². The van der Waals surface area contributed by atoms with Gasteiger partial charge in [0, 0.05) is 25.7 Å². The zero-order valence-corrected chi connectivity index (χ0v) is 17.5. The molecule has 1 aliphatic rings. The van der Waals surface area contributed by atoms with E-state index in [4.69, 9.17) is 20.2 Å². The fourth-order valence-corrected chi connectivity index (χ4v) is 3.84. The van der Waals surface area contributed by atoms with Crippen LogP contribution < -0.4 is 15.4 Å². The molecule has 0 spiro atoms. The van der Waals surface area contributed by atoms with Gasteiger partial charge in [-0.1, -0.05) is 12.1 Å². The lowest BCUT2D eigenvalue weighted by atomic mass is 9.98. The topological polar surface area (TPSA) is 108 Å². The van der Waals surface area contributed by atoms with E-state index in [1.54, 1.807) is 18.8 Å². The summed E-state index contributed by atoms with van der Waals surface area (Å²) in [5.74, 6) is 1.40. The first-order valence-electron chi connectivity index (χ1n) is 10.1. The molecule has 9 heteroatoms. The van der Waals surface area contributed by atoms with E-state index in [0.717, 1.165) is 30.7 Å². The van der Waals surface area contributed by atoms with Gasteiger partial charge in [0.2, 0.25) is 5.95 Å². The molecule has 1 saturated heterocycles. The molecule has 2 aromatic heterocycles. The number of esters is 1. The molecule has 1 fully saturated rings. The van der Waals surface area contributed by atoms with E-state index >= 15 is 0 Å². The Kier molecular flexibility index (Phi) is 5.43. The summed E-state index contributed by atoms with van der Waals surface area (Å²) in [5.41, 5.74) is 8.36. The van der Waals surface area contributed by atoms with Crippen LogP contribution in [-0.2, 0) is 16.6 Å². The van der Waals surface area contributed by atoms with Crippen LogP contribution in [0, 0.1) is 5.92 Å². The predicted molar refractivity (Wildman–Crippen MR) is 114 cm³/mol. The number of nitrogens with two attached hydrogens (primary N) is 1. The molecule has 0 aliphatic carbocycles. The Labute approximate surface area is 174 Å². The molecule has 1 aromatic carbocycles. The second kappa shape index (κ2) is 8.17. The molecule has 3 heterocycles. The molecule has 9 nitrogen and oxygen atoms in total. The minimum absolute atomic E-state index is 0.168. The van der Waals surface area contributed by atoms with E-state index in [1.165, 1.54) is 0 Å². The maximum absolute atomic E-state index is 12.3. The molecular formula is C21H26N6O3. The number of carbonyl (C=O) groups is 1. The van der Waals surface area contributed by atoms with Crippen molar-refractivity contribution in [2.24, 2.45) is 13.0 Å². The number of piperidine rings is 1. The summed E-state index contributed by atoms with van der Waals surface area (Å²) in [7, 11) is 3.41. The van der Waals surface area contributed by atoms with Gasteiger partial charge in [-0.3, -0.25) is 9.48 Å². The highest BCUT2D eigenvalue weighted by Crippen LogP contribution is 2.34. The van der Waals surface area contributed by atoms with Crippen molar-refractivity contribution in [1.29, 1.82) is 0 Å². The van der Waals surface area contributed by atoms with Crippen LogP contribution in [0.15, 0.2) is 24.3 Å². The third-order valence-electron chi connectivity index (χ3n) is 5.39. The Morgan fingerprint density at radius 2 is 2.17 bits per heavy atom. The van der Waals surface area contributed by atoms with E-state index < -0.39 is 0 Å². The van der Waals surface area contributed by atoms with Crippen LogP contribution in [0.4, 0.5) is 11.8 Å². The van der Waals surface area contributed by atoms with Crippen molar-refractivity contribution < 1.29 is 14.3 Å². The fourth-order valence-electron chi connectivity index (χ4n) is 3.84. The monoisotopic (exact) mass is 410 g/mol. The number of aryl methyl sites for hydroxylation is 1. The number of hydrogen-bond donors (Lipinski definition) is 1. The summed E-state index contributed by atoms with van der Waals surface area (Å²) >= 11 is 0. The first-order valence-corrected chi connectivity index (χ1v) is 10.1. The van der Waals surface area contributed by atoms with E-state index in [9.17, 15) is 4.79 Å². The molecule has 0 radical (unpaired) electrons. The van der Waals surface area contributed by atoms with E-state index in [1.807, 2.05) is 36.1 Å². The quantitative estimate of drug-likeness (QED) is 0.639. The Hall–Kier alpha value is -3.36. The molecule has 1 atom stereocenters. The summed E-state index contributed by atoms with van der Waals surface area (Å²) in [5, 5.41) is 5.17. The van der Waals surface area contributed by atoms with Crippen molar-refractivity contribution in [3.63, 3.8) is 0 Å². The average Bonchev–Trinajstić information content (AvgIpc) is 3.07. The number of methoxy groups -OCH3 is 1. The molecule has 2 N–H and O–H groups in total. The van der Waals surface area contributed by atoms with Crippen LogP contribution in [0.2, 0.25) is 0 Å². The summed E-state index contributed by atoms with van der Waals surface area (Å²) in [6.07, 6.45) is 1.67. The van der Waals surface area contributed by atoms with Gasteiger partial charge in [-0.25, -0.2) is 4.98 Å². The Morgan fingerprint density at radius 3 is 2.93 bits per heavy atom. The maximum atomic E-state index is 12.3. The minimum atomic E-state index is -0.188. The number of carbonyl (C=O) groups excluding carboxylic acids is 1. The smallest absolute Gasteiger partial charge is 0.310 e. The average molecular weight is 410 g/mol. The van der Waals surface area contributed by atoms with Crippen LogP contribution in [0.25, 0.3) is 22.3 Å². The molecule has 0 bridgehead atoms. The number of nitrogen functional groups attached to an aromatic ring is 1. The highest BCUT2D eigenvalue weighted by molar-refractivity contribution is 5.99. The van der Waals surface area contributed by atoms with Crippen molar-refractivity contribution in [3.8, 4) is 17.0 Å². The molecule has 4 rings (SSSR count). The van der Waals surface area contributed by atoms with Crippen LogP contribution >= 0.6 is 0 Å². The van der Waals surface area contributed by atoms with Crippen molar-refractivity contribution in [1.82, 2.24) is 19.7 Å². The van der Waals surface area contributed by atoms with Gasteiger partial charge in [-0.15, -0.1) is 0 Å². The summed E-state index contributed by atoms with van der Waals surface area (Å²) in [6, 6.07) is 7.66. The van der Waals surface area contributed by atoms with E-state index in [2.05, 4.69) is 10.1 Å². The van der Waals surface area contributed by atoms with E-state index in [-0.39, 0.29) is 11.9 Å². The molecule has 3 aromatic rings. The second-order valence-corrected chi connectivity index (χ2v) is 7.35. The molecule has 30 heavy (non-hydrogen) atoms.